The van der Waals surface area contributed by atoms with Crippen molar-refractivity contribution < 1.29 is 17.9 Å². The summed E-state index contributed by atoms with van der Waals surface area (Å²) in [6.07, 6.45) is 16.0. The Bertz CT molecular complexity index is 684. The van der Waals surface area contributed by atoms with Gasteiger partial charge >= 0.3 is 5.97 Å². The first-order chi connectivity index (χ1) is 13.8. The molecule has 0 fully saturated rings. The van der Waals surface area contributed by atoms with Crippen molar-refractivity contribution in [2.45, 2.75) is 73.1 Å². The van der Waals surface area contributed by atoms with E-state index in [9.17, 15) is 13.2 Å². The highest BCUT2D eigenvalue weighted by Gasteiger charge is 2.27. The predicted octanol–water partition coefficient (Wildman–Crippen LogP) is 5.52. The van der Waals surface area contributed by atoms with Crippen molar-refractivity contribution in [1.82, 2.24) is 4.90 Å². The highest BCUT2D eigenvalue weighted by Crippen LogP contribution is 2.19. The van der Waals surface area contributed by atoms with Crippen LogP contribution >= 0.6 is 0 Å². The second-order valence-electron chi connectivity index (χ2n) is 6.80. The summed E-state index contributed by atoms with van der Waals surface area (Å²) in [7, 11) is -3.91. The van der Waals surface area contributed by atoms with E-state index in [0.29, 0.717) is 0 Å². The lowest BCUT2D eigenvalue weighted by atomic mass is 10.1. The molecule has 0 radical (unpaired) electrons. The molecule has 0 aromatic rings. The Morgan fingerprint density at radius 2 is 1.55 bits per heavy atom. The number of allylic oxidation sites excluding steroid dienone is 6. The number of hydrogen-bond acceptors (Lipinski definition) is 5. The van der Waals surface area contributed by atoms with Crippen LogP contribution in [0.2, 0.25) is 0 Å². The molecule has 0 unspecified atom stereocenters. The summed E-state index contributed by atoms with van der Waals surface area (Å²) in [5, 5.41) is 0. The smallest absolute Gasteiger partial charge is 0.350 e. The molecule has 29 heavy (non-hydrogen) atoms. The molecule has 0 aliphatic heterocycles. The number of ether oxygens (including phenoxy) is 1. The summed E-state index contributed by atoms with van der Waals surface area (Å²) in [5.41, 5.74) is 0. The zero-order valence-electron chi connectivity index (χ0n) is 18.8. The van der Waals surface area contributed by atoms with E-state index in [-0.39, 0.29) is 16.4 Å². The van der Waals surface area contributed by atoms with E-state index in [1.165, 1.54) is 38.3 Å². The number of nitrogens with zero attached hydrogens (tertiary/aromatic N) is 1. The first-order valence-electron chi connectivity index (χ1n) is 10.7. The number of unbranched alkanes of at least 4 members (excludes halogenated alkanes) is 5. The first kappa shape index (κ1) is 27.2. The minimum absolute atomic E-state index is 0.106. The maximum atomic E-state index is 12.9. The van der Waals surface area contributed by atoms with Gasteiger partial charge < -0.3 is 9.64 Å². The minimum Gasteiger partial charge on any atom is -0.462 e. The predicted molar refractivity (Wildman–Crippen MR) is 122 cm³/mol. The molecule has 0 aromatic heterocycles. The van der Waals surface area contributed by atoms with Gasteiger partial charge in [0.1, 0.15) is 0 Å². The Balaban J connectivity index is 5.30. The number of carbonyl (C=O) groups is 1. The quantitative estimate of drug-likeness (QED) is 0.149. The zero-order chi connectivity index (χ0) is 22.1. The monoisotopic (exact) mass is 425 g/mol. The van der Waals surface area contributed by atoms with Gasteiger partial charge in [-0.25, -0.2) is 13.2 Å². The van der Waals surface area contributed by atoms with Crippen molar-refractivity contribution in [2.24, 2.45) is 0 Å². The number of hydrogen-bond donors (Lipinski definition) is 0. The SMILES string of the molecule is CC=CC=C(C)S(=O)(=O)C(=CC=CN(CC)CC)C(=O)OCCCCCCCC. The van der Waals surface area contributed by atoms with Crippen LogP contribution in [0.1, 0.15) is 73.1 Å². The third-order valence-corrected chi connectivity index (χ3v) is 6.39. The molecule has 0 saturated heterocycles. The molecule has 0 rings (SSSR count). The maximum absolute atomic E-state index is 12.9. The van der Waals surface area contributed by atoms with Crippen molar-refractivity contribution in [1.29, 1.82) is 0 Å². The molecule has 0 amide bonds. The minimum atomic E-state index is -3.91. The van der Waals surface area contributed by atoms with Crippen LogP contribution < -0.4 is 0 Å². The largest absolute Gasteiger partial charge is 0.462 e. The highest BCUT2D eigenvalue weighted by atomic mass is 32.2. The molecule has 0 aliphatic rings. The molecule has 5 nitrogen and oxygen atoms in total. The molecule has 0 N–H and O–H groups in total. The molecule has 166 valence electrons. The number of rotatable bonds is 15. The van der Waals surface area contributed by atoms with Gasteiger partial charge in [-0.1, -0.05) is 51.2 Å². The third kappa shape index (κ3) is 11.1. The molecular weight excluding hydrogens is 386 g/mol. The van der Waals surface area contributed by atoms with Crippen molar-refractivity contribution in [3.8, 4) is 0 Å². The summed E-state index contributed by atoms with van der Waals surface area (Å²) in [4.78, 5) is 14.3. The van der Waals surface area contributed by atoms with Crippen LogP contribution in [0.4, 0.5) is 0 Å². The normalized spacial score (nSPS) is 13.4. The van der Waals surface area contributed by atoms with E-state index in [2.05, 4.69) is 6.92 Å². The maximum Gasteiger partial charge on any atom is 0.350 e. The zero-order valence-corrected chi connectivity index (χ0v) is 19.6. The molecule has 0 aliphatic carbocycles. The van der Waals surface area contributed by atoms with E-state index < -0.39 is 15.8 Å². The third-order valence-electron chi connectivity index (χ3n) is 4.53. The summed E-state index contributed by atoms with van der Waals surface area (Å²) in [6.45, 7) is 11.3. The van der Waals surface area contributed by atoms with Crippen LogP contribution in [0.3, 0.4) is 0 Å². The Hall–Kier alpha value is -1.82. The Morgan fingerprint density at radius 3 is 2.14 bits per heavy atom. The lowest BCUT2D eigenvalue weighted by molar-refractivity contribution is -0.138. The van der Waals surface area contributed by atoms with Crippen LogP contribution in [0, 0.1) is 0 Å². The molecular formula is C23H39NO4S. The second kappa shape index (κ2) is 16.0. The molecule has 0 bridgehead atoms. The topological polar surface area (TPSA) is 63.7 Å². The van der Waals surface area contributed by atoms with Gasteiger partial charge in [0.15, 0.2) is 4.91 Å². The van der Waals surface area contributed by atoms with Crippen molar-refractivity contribution in [3.05, 3.63) is 46.4 Å². The van der Waals surface area contributed by atoms with Gasteiger partial charge in [0, 0.05) is 18.0 Å². The van der Waals surface area contributed by atoms with Crippen molar-refractivity contribution in [3.63, 3.8) is 0 Å². The summed E-state index contributed by atoms with van der Waals surface area (Å²) in [6, 6.07) is 0. The van der Waals surface area contributed by atoms with E-state index in [0.717, 1.165) is 32.4 Å². The van der Waals surface area contributed by atoms with E-state index in [1.807, 2.05) is 18.7 Å². The van der Waals surface area contributed by atoms with Crippen LogP contribution in [0.5, 0.6) is 0 Å². The van der Waals surface area contributed by atoms with Gasteiger partial charge in [0.05, 0.1) is 6.61 Å². The average molecular weight is 426 g/mol. The summed E-state index contributed by atoms with van der Waals surface area (Å²) >= 11 is 0. The lowest BCUT2D eigenvalue weighted by Crippen LogP contribution is -2.18. The Kier molecular flexibility index (Phi) is 15.0. The molecule has 0 atom stereocenters. The van der Waals surface area contributed by atoms with Gasteiger partial charge in [-0.2, -0.15) is 0 Å². The Labute approximate surface area is 178 Å². The standard InChI is InChI=1S/C23H39NO4S/c1-6-10-12-13-14-15-20-28-23(25)22(18-16-19-24(8-3)9-4)29(26,27)21(5)17-11-7-2/h7,11,16-19H,6,8-10,12-15,20H2,1-5H3. The molecule has 0 heterocycles. The number of esters is 1. The average Bonchev–Trinajstić information content (AvgIpc) is 2.71. The Morgan fingerprint density at radius 1 is 0.931 bits per heavy atom. The van der Waals surface area contributed by atoms with Crippen molar-refractivity contribution >= 4 is 15.8 Å². The fraction of sp³-hybridized carbons (Fsp3) is 0.609. The highest BCUT2D eigenvalue weighted by molar-refractivity contribution is 7.99. The molecule has 0 spiro atoms. The van der Waals surface area contributed by atoms with Crippen LogP contribution in [-0.2, 0) is 19.4 Å². The second-order valence-corrected chi connectivity index (χ2v) is 8.89. The lowest BCUT2D eigenvalue weighted by Gasteiger charge is -2.14. The number of carbonyl (C=O) groups excluding carboxylic acids is 1. The molecule has 0 aromatic carbocycles. The fourth-order valence-electron chi connectivity index (χ4n) is 2.57. The molecule has 0 saturated carbocycles. The molecule has 6 heteroatoms. The van der Waals surface area contributed by atoms with Crippen molar-refractivity contribution in [2.75, 3.05) is 19.7 Å². The summed E-state index contributed by atoms with van der Waals surface area (Å²) < 4.78 is 31.0. The van der Waals surface area contributed by atoms with Crippen LogP contribution in [0.25, 0.3) is 0 Å². The fourth-order valence-corrected chi connectivity index (χ4v) is 3.71. The van der Waals surface area contributed by atoms with E-state index in [4.69, 9.17) is 4.74 Å². The van der Waals surface area contributed by atoms with Gasteiger partial charge in [0.2, 0.25) is 9.84 Å². The van der Waals surface area contributed by atoms with E-state index >= 15 is 0 Å². The van der Waals surface area contributed by atoms with Gasteiger partial charge in [-0.3, -0.25) is 0 Å². The van der Waals surface area contributed by atoms with Crippen LogP contribution in [0.15, 0.2) is 46.4 Å². The van der Waals surface area contributed by atoms with Gasteiger partial charge in [0.25, 0.3) is 0 Å². The van der Waals surface area contributed by atoms with E-state index in [1.54, 1.807) is 31.4 Å². The summed E-state index contributed by atoms with van der Waals surface area (Å²) in [5.74, 6) is -0.795. The van der Waals surface area contributed by atoms with Crippen LogP contribution in [-0.4, -0.2) is 39.0 Å². The van der Waals surface area contributed by atoms with Gasteiger partial charge in [-0.05, 0) is 58.5 Å². The first-order valence-corrected chi connectivity index (χ1v) is 12.2. The number of sulfone groups is 1. The van der Waals surface area contributed by atoms with Gasteiger partial charge in [-0.15, -0.1) is 0 Å².